The fraction of sp³-hybridized carbons (Fsp3) is 0.364. The molecule has 0 aliphatic heterocycles. The normalized spacial score (nSPS) is 13.1. The molecule has 1 N–H and O–H groups in total. The molecule has 1 aromatic carbocycles. The third-order valence-electron chi connectivity index (χ3n) is 1.97. The van der Waals surface area contributed by atoms with E-state index in [2.05, 4.69) is 10.1 Å². The predicted octanol–water partition coefficient (Wildman–Crippen LogP) is 1.94. The van der Waals surface area contributed by atoms with Gasteiger partial charge in [-0.1, -0.05) is 12.1 Å². The van der Waals surface area contributed by atoms with Crippen molar-refractivity contribution in [2.75, 3.05) is 24.8 Å². The molecule has 8 heteroatoms. The van der Waals surface area contributed by atoms with Gasteiger partial charge in [-0.15, -0.1) is 0 Å². The maximum atomic E-state index is 11.8. The maximum Gasteiger partial charge on any atom is 0.411 e. The third kappa shape index (κ3) is 5.84. The van der Waals surface area contributed by atoms with Crippen LogP contribution in [0.5, 0.6) is 0 Å². The second kappa shape index (κ2) is 6.67. The zero-order valence-corrected chi connectivity index (χ0v) is 10.8. The van der Waals surface area contributed by atoms with Gasteiger partial charge in [0.05, 0.1) is 21.4 Å². The van der Waals surface area contributed by atoms with E-state index in [1.807, 2.05) is 0 Å². The molecule has 1 aromatic rings. The third-order valence-corrected chi connectivity index (χ3v) is 2.95. The highest BCUT2D eigenvalue weighted by molar-refractivity contribution is 7.84. The molecule has 0 heterocycles. The highest BCUT2D eigenvalue weighted by Crippen LogP contribution is 2.18. The fourth-order valence-corrected chi connectivity index (χ4v) is 1.97. The van der Waals surface area contributed by atoms with Crippen molar-refractivity contribution in [1.82, 2.24) is 0 Å². The molecule has 1 amide bonds. The summed E-state index contributed by atoms with van der Waals surface area (Å²) in [4.78, 5) is 11.8. The highest BCUT2D eigenvalue weighted by atomic mass is 32.2. The SMILES string of the molecule is CS(=O)c1ccccc1NC(=O)COCC(F)(F)F. The van der Waals surface area contributed by atoms with Gasteiger partial charge in [-0.3, -0.25) is 9.00 Å². The number of carbonyl (C=O) groups excluding carboxylic acids is 1. The van der Waals surface area contributed by atoms with Crippen LogP contribution in [0.3, 0.4) is 0 Å². The molecule has 0 radical (unpaired) electrons. The lowest BCUT2D eigenvalue weighted by Gasteiger charge is -2.10. The molecular formula is C11H12F3NO3S. The summed E-state index contributed by atoms with van der Waals surface area (Å²) in [5.74, 6) is -0.734. The standard InChI is InChI=1S/C11H12F3NO3S/c1-19(17)9-5-3-2-4-8(9)15-10(16)6-18-7-11(12,13)14/h2-5H,6-7H2,1H3,(H,15,16). The lowest BCUT2D eigenvalue weighted by atomic mass is 10.3. The number of para-hydroxylation sites is 1. The van der Waals surface area contributed by atoms with E-state index in [0.29, 0.717) is 10.6 Å². The summed E-state index contributed by atoms with van der Waals surface area (Å²) < 4.78 is 51.0. The molecule has 0 aromatic heterocycles. The van der Waals surface area contributed by atoms with Crippen LogP contribution in [-0.2, 0) is 20.3 Å². The van der Waals surface area contributed by atoms with Crippen LogP contribution in [0.25, 0.3) is 0 Å². The summed E-state index contributed by atoms with van der Waals surface area (Å²) in [5, 5.41) is 2.35. The first-order chi connectivity index (χ1) is 8.79. The fourth-order valence-electron chi connectivity index (χ4n) is 1.27. The number of amides is 1. The minimum atomic E-state index is -4.47. The molecule has 0 saturated heterocycles. The average molecular weight is 295 g/mol. The summed E-state index contributed by atoms with van der Waals surface area (Å²) in [5.41, 5.74) is 0.295. The first-order valence-corrected chi connectivity index (χ1v) is 6.72. The molecule has 1 rings (SSSR count). The largest absolute Gasteiger partial charge is 0.411 e. The molecule has 0 fully saturated rings. The Morgan fingerprint density at radius 3 is 2.58 bits per heavy atom. The van der Waals surface area contributed by atoms with Gasteiger partial charge in [-0.05, 0) is 12.1 Å². The molecule has 0 saturated carbocycles. The lowest BCUT2D eigenvalue weighted by Crippen LogP contribution is -2.24. The van der Waals surface area contributed by atoms with Crippen molar-refractivity contribution in [1.29, 1.82) is 0 Å². The van der Waals surface area contributed by atoms with Gasteiger partial charge in [0.25, 0.3) is 0 Å². The van der Waals surface area contributed by atoms with E-state index in [4.69, 9.17) is 0 Å². The van der Waals surface area contributed by atoms with Gasteiger partial charge in [-0.2, -0.15) is 13.2 Å². The van der Waals surface area contributed by atoms with Gasteiger partial charge in [0.1, 0.15) is 13.2 Å². The Labute approximate surface area is 110 Å². The molecule has 0 aliphatic rings. The Morgan fingerprint density at radius 1 is 1.37 bits per heavy atom. The number of alkyl halides is 3. The number of halogens is 3. The molecule has 19 heavy (non-hydrogen) atoms. The van der Waals surface area contributed by atoms with E-state index >= 15 is 0 Å². The quantitative estimate of drug-likeness (QED) is 0.903. The molecule has 0 bridgehead atoms. The molecular weight excluding hydrogens is 283 g/mol. The van der Waals surface area contributed by atoms with Crippen LogP contribution in [0.2, 0.25) is 0 Å². The number of benzene rings is 1. The molecule has 0 spiro atoms. The van der Waals surface area contributed by atoms with Gasteiger partial charge in [0.2, 0.25) is 5.91 Å². The van der Waals surface area contributed by atoms with Crippen molar-refractivity contribution in [3.8, 4) is 0 Å². The van der Waals surface area contributed by atoms with Crippen molar-refractivity contribution in [3.05, 3.63) is 24.3 Å². The molecule has 106 valence electrons. The highest BCUT2D eigenvalue weighted by Gasteiger charge is 2.27. The Bertz CT molecular complexity index is 476. The summed E-state index contributed by atoms with van der Waals surface area (Å²) in [7, 11) is -1.31. The number of hydrogen-bond donors (Lipinski definition) is 1. The zero-order chi connectivity index (χ0) is 14.5. The van der Waals surface area contributed by atoms with Gasteiger partial charge < -0.3 is 10.1 Å². The van der Waals surface area contributed by atoms with E-state index in [1.54, 1.807) is 18.2 Å². The number of nitrogens with one attached hydrogen (secondary N) is 1. The van der Waals surface area contributed by atoms with Crippen molar-refractivity contribution in [2.45, 2.75) is 11.1 Å². The number of hydrogen-bond acceptors (Lipinski definition) is 3. The number of ether oxygens (including phenoxy) is 1. The minimum absolute atomic E-state index is 0.295. The summed E-state index contributed by atoms with van der Waals surface area (Å²) in [6.45, 7) is -2.20. The van der Waals surface area contributed by atoms with Gasteiger partial charge in [0, 0.05) is 6.26 Å². The van der Waals surface area contributed by atoms with E-state index in [9.17, 15) is 22.2 Å². The topological polar surface area (TPSA) is 55.4 Å². The minimum Gasteiger partial charge on any atom is -0.362 e. The van der Waals surface area contributed by atoms with Gasteiger partial charge in [0.15, 0.2) is 0 Å². The Kier molecular flexibility index (Phi) is 5.49. The summed E-state index contributed by atoms with van der Waals surface area (Å²) in [6, 6.07) is 6.33. The molecule has 0 aliphatic carbocycles. The molecule has 1 atom stereocenters. The van der Waals surface area contributed by atoms with E-state index in [0.717, 1.165) is 0 Å². The van der Waals surface area contributed by atoms with Gasteiger partial charge >= 0.3 is 6.18 Å². The Hall–Kier alpha value is -1.41. The van der Waals surface area contributed by atoms with Crippen LogP contribution >= 0.6 is 0 Å². The van der Waals surface area contributed by atoms with Crippen molar-refractivity contribution >= 4 is 22.4 Å². The molecule has 4 nitrogen and oxygen atoms in total. The van der Waals surface area contributed by atoms with Crippen LogP contribution in [-0.4, -0.2) is 35.8 Å². The van der Waals surface area contributed by atoms with Crippen molar-refractivity contribution < 1.29 is 26.9 Å². The van der Waals surface area contributed by atoms with Crippen LogP contribution < -0.4 is 5.32 Å². The number of carbonyl (C=O) groups is 1. The van der Waals surface area contributed by atoms with Crippen LogP contribution in [0.1, 0.15) is 0 Å². The first kappa shape index (κ1) is 15.6. The number of anilines is 1. The lowest BCUT2D eigenvalue weighted by molar-refractivity contribution is -0.174. The van der Waals surface area contributed by atoms with Gasteiger partial charge in [-0.25, -0.2) is 0 Å². The predicted molar refractivity (Wildman–Crippen MR) is 64.3 cm³/mol. The Morgan fingerprint density at radius 2 is 2.00 bits per heavy atom. The van der Waals surface area contributed by atoms with Crippen molar-refractivity contribution in [3.63, 3.8) is 0 Å². The Balaban J connectivity index is 2.56. The monoisotopic (exact) mass is 295 g/mol. The second-order valence-electron chi connectivity index (χ2n) is 3.61. The first-order valence-electron chi connectivity index (χ1n) is 5.16. The smallest absolute Gasteiger partial charge is 0.362 e. The second-order valence-corrected chi connectivity index (χ2v) is 4.95. The van der Waals surface area contributed by atoms with E-state index in [1.165, 1.54) is 12.3 Å². The van der Waals surface area contributed by atoms with Crippen LogP contribution in [0, 0.1) is 0 Å². The summed E-state index contributed by atoms with van der Waals surface area (Å²) >= 11 is 0. The summed E-state index contributed by atoms with van der Waals surface area (Å²) in [6.07, 6.45) is -3.03. The zero-order valence-electron chi connectivity index (χ0n) is 9.99. The average Bonchev–Trinajstić information content (AvgIpc) is 2.27. The van der Waals surface area contributed by atoms with E-state index in [-0.39, 0.29) is 0 Å². The van der Waals surface area contributed by atoms with Crippen LogP contribution in [0.4, 0.5) is 18.9 Å². The van der Waals surface area contributed by atoms with E-state index < -0.39 is 36.1 Å². The maximum absolute atomic E-state index is 11.8. The molecule has 1 unspecified atom stereocenters. The number of rotatable bonds is 5. The van der Waals surface area contributed by atoms with Crippen LogP contribution in [0.15, 0.2) is 29.2 Å². The van der Waals surface area contributed by atoms with Crippen molar-refractivity contribution in [2.24, 2.45) is 0 Å².